The fraction of sp³-hybridized carbons (Fsp3) is 0.0952. The minimum Gasteiger partial charge on any atom is -0.487 e. The Kier molecular flexibility index (Phi) is 3.97. The molecule has 3 aromatic rings. The molecule has 4 rings (SSSR count). The van der Waals surface area contributed by atoms with Gasteiger partial charge in [-0.1, -0.05) is 36.4 Å². The van der Waals surface area contributed by atoms with Crippen LogP contribution in [0.4, 0.5) is 5.69 Å². The van der Waals surface area contributed by atoms with Crippen LogP contribution in [0.3, 0.4) is 0 Å². The molecule has 0 bridgehead atoms. The third kappa shape index (κ3) is 2.73. The lowest BCUT2D eigenvalue weighted by atomic mass is 9.89. The number of nitro benzene ring substituents is 1. The zero-order valence-electron chi connectivity index (χ0n) is 14.2. The molecule has 0 atom stereocenters. The average Bonchev–Trinajstić information content (AvgIpc) is 2.84. The lowest BCUT2D eigenvalue weighted by Crippen LogP contribution is -1.99. The van der Waals surface area contributed by atoms with E-state index in [9.17, 15) is 10.1 Å². The highest BCUT2D eigenvalue weighted by Gasteiger charge is 2.22. The standard InChI is InChI=1S/C21H16N2O3/c1-14(15-6-4-7-16(12-15)23(24)25)21-17-9-5-11-22-19(17)13-26-20-10-3-2-8-18(20)21/h2-12H,13H2,1H3/b21-14-. The van der Waals surface area contributed by atoms with Crippen molar-refractivity contribution in [3.8, 4) is 5.75 Å². The fourth-order valence-corrected chi connectivity index (χ4v) is 3.27. The van der Waals surface area contributed by atoms with Gasteiger partial charge >= 0.3 is 0 Å². The van der Waals surface area contributed by atoms with Gasteiger partial charge in [-0.05, 0) is 35.8 Å². The number of ether oxygens (including phenoxy) is 1. The van der Waals surface area contributed by atoms with Gasteiger partial charge in [-0.2, -0.15) is 0 Å². The molecule has 26 heavy (non-hydrogen) atoms. The molecule has 0 aliphatic carbocycles. The molecular weight excluding hydrogens is 328 g/mol. The number of hydrogen-bond donors (Lipinski definition) is 0. The Morgan fingerprint density at radius 1 is 1.08 bits per heavy atom. The largest absolute Gasteiger partial charge is 0.487 e. The second kappa shape index (κ2) is 6.44. The molecule has 1 aliphatic heterocycles. The van der Waals surface area contributed by atoms with Gasteiger partial charge in [0, 0.05) is 29.5 Å². The van der Waals surface area contributed by atoms with Crippen LogP contribution in [0.1, 0.15) is 29.3 Å². The quantitative estimate of drug-likeness (QED) is 0.492. The number of allylic oxidation sites excluding steroid dienone is 1. The predicted octanol–water partition coefficient (Wildman–Crippen LogP) is 4.86. The summed E-state index contributed by atoms with van der Waals surface area (Å²) in [7, 11) is 0. The number of aromatic nitrogens is 1. The molecule has 0 radical (unpaired) electrons. The Hall–Kier alpha value is -3.47. The lowest BCUT2D eigenvalue weighted by molar-refractivity contribution is -0.384. The van der Waals surface area contributed by atoms with Gasteiger partial charge in [0.25, 0.3) is 5.69 Å². The van der Waals surface area contributed by atoms with Crippen molar-refractivity contribution in [2.45, 2.75) is 13.5 Å². The molecule has 0 N–H and O–H groups in total. The van der Waals surface area contributed by atoms with Crippen molar-refractivity contribution in [1.29, 1.82) is 0 Å². The van der Waals surface area contributed by atoms with Crippen LogP contribution in [0.5, 0.6) is 5.75 Å². The van der Waals surface area contributed by atoms with Crippen LogP contribution in [0.2, 0.25) is 0 Å². The van der Waals surface area contributed by atoms with E-state index in [4.69, 9.17) is 4.74 Å². The summed E-state index contributed by atoms with van der Waals surface area (Å²) in [4.78, 5) is 15.3. The van der Waals surface area contributed by atoms with E-state index in [-0.39, 0.29) is 10.6 Å². The molecule has 5 nitrogen and oxygen atoms in total. The number of benzene rings is 2. The molecule has 0 amide bonds. The van der Waals surface area contributed by atoms with E-state index in [2.05, 4.69) is 4.98 Å². The summed E-state index contributed by atoms with van der Waals surface area (Å²) in [5.41, 5.74) is 5.61. The molecule has 2 heterocycles. The zero-order valence-corrected chi connectivity index (χ0v) is 14.2. The Morgan fingerprint density at radius 2 is 1.88 bits per heavy atom. The summed E-state index contributed by atoms with van der Waals surface area (Å²) in [6, 6.07) is 18.5. The number of nitrogens with zero attached hydrogens (tertiary/aromatic N) is 2. The first-order valence-electron chi connectivity index (χ1n) is 8.27. The Labute approximate surface area is 150 Å². The van der Waals surface area contributed by atoms with Crippen LogP contribution in [0.15, 0.2) is 66.9 Å². The maximum absolute atomic E-state index is 11.2. The molecule has 1 aromatic heterocycles. The second-order valence-electron chi connectivity index (χ2n) is 6.09. The molecule has 0 unspecified atom stereocenters. The molecule has 0 fully saturated rings. The summed E-state index contributed by atoms with van der Waals surface area (Å²) in [6.07, 6.45) is 1.75. The summed E-state index contributed by atoms with van der Waals surface area (Å²) in [6.45, 7) is 2.37. The van der Waals surface area contributed by atoms with Gasteiger partial charge in [-0.15, -0.1) is 0 Å². The molecule has 0 spiro atoms. The van der Waals surface area contributed by atoms with Crippen molar-refractivity contribution < 1.29 is 9.66 Å². The highest BCUT2D eigenvalue weighted by molar-refractivity contribution is 6.00. The lowest BCUT2D eigenvalue weighted by Gasteiger charge is -2.14. The van der Waals surface area contributed by atoms with Gasteiger partial charge in [0.2, 0.25) is 0 Å². The zero-order chi connectivity index (χ0) is 18.1. The number of non-ortho nitro benzene ring substituents is 1. The van der Waals surface area contributed by atoms with Crippen molar-refractivity contribution in [3.05, 3.63) is 99.4 Å². The van der Waals surface area contributed by atoms with Crippen molar-refractivity contribution in [1.82, 2.24) is 4.98 Å². The number of fused-ring (bicyclic) bond motifs is 2. The summed E-state index contributed by atoms with van der Waals surface area (Å²) < 4.78 is 5.95. The van der Waals surface area contributed by atoms with Crippen LogP contribution in [0.25, 0.3) is 11.1 Å². The number of rotatable bonds is 2. The van der Waals surface area contributed by atoms with E-state index in [1.807, 2.05) is 49.4 Å². The van der Waals surface area contributed by atoms with Gasteiger partial charge in [-0.25, -0.2) is 0 Å². The minimum atomic E-state index is -0.374. The number of nitro groups is 1. The maximum atomic E-state index is 11.2. The first kappa shape index (κ1) is 16.0. The minimum absolute atomic E-state index is 0.0759. The molecule has 0 saturated carbocycles. The van der Waals surface area contributed by atoms with Crippen molar-refractivity contribution >= 4 is 16.8 Å². The van der Waals surface area contributed by atoms with Crippen LogP contribution in [-0.2, 0) is 6.61 Å². The third-order valence-electron chi connectivity index (χ3n) is 4.55. The number of pyridine rings is 1. The highest BCUT2D eigenvalue weighted by atomic mass is 16.6. The van der Waals surface area contributed by atoms with Gasteiger partial charge in [0.1, 0.15) is 12.4 Å². The van der Waals surface area contributed by atoms with Crippen LogP contribution in [0, 0.1) is 10.1 Å². The molecule has 0 saturated heterocycles. The Bertz CT molecular complexity index is 991. The Balaban J connectivity index is 2.01. The maximum Gasteiger partial charge on any atom is 0.270 e. The van der Waals surface area contributed by atoms with E-state index < -0.39 is 0 Å². The van der Waals surface area contributed by atoms with Crippen molar-refractivity contribution in [2.75, 3.05) is 0 Å². The normalized spacial score (nSPS) is 14.5. The Morgan fingerprint density at radius 3 is 2.73 bits per heavy atom. The molecular formula is C21H16N2O3. The summed E-state index contributed by atoms with van der Waals surface area (Å²) in [5, 5.41) is 11.2. The number of hydrogen-bond acceptors (Lipinski definition) is 4. The molecule has 1 aliphatic rings. The third-order valence-corrected chi connectivity index (χ3v) is 4.55. The van der Waals surface area contributed by atoms with Crippen LogP contribution < -0.4 is 4.74 Å². The topological polar surface area (TPSA) is 65.3 Å². The van der Waals surface area contributed by atoms with Crippen LogP contribution in [-0.4, -0.2) is 9.91 Å². The average molecular weight is 344 g/mol. The van der Waals surface area contributed by atoms with E-state index in [0.717, 1.165) is 39.3 Å². The summed E-state index contributed by atoms with van der Waals surface area (Å²) in [5.74, 6) is 0.783. The van der Waals surface area contributed by atoms with Gasteiger partial charge in [-0.3, -0.25) is 15.1 Å². The van der Waals surface area contributed by atoms with Gasteiger partial charge in [0.05, 0.1) is 10.6 Å². The van der Waals surface area contributed by atoms with Gasteiger partial charge in [0.15, 0.2) is 0 Å². The number of para-hydroxylation sites is 1. The van der Waals surface area contributed by atoms with Crippen molar-refractivity contribution in [2.24, 2.45) is 0 Å². The first-order valence-corrected chi connectivity index (χ1v) is 8.27. The van der Waals surface area contributed by atoms with Gasteiger partial charge < -0.3 is 4.74 Å². The molecule has 128 valence electrons. The smallest absolute Gasteiger partial charge is 0.270 e. The fourth-order valence-electron chi connectivity index (χ4n) is 3.27. The molecule has 2 aromatic carbocycles. The predicted molar refractivity (Wildman–Crippen MR) is 99.7 cm³/mol. The summed E-state index contributed by atoms with van der Waals surface area (Å²) >= 11 is 0. The SMILES string of the molecule is C/C(=C1/c2ccccc2OCc2ncccc21)c1cccc([N+](=O)[O-])c1. The first-order chi connectivity index (χ1) is 12.6. The van der Waals surface area contributed by atoms with E-state index in [1.165, 1.54) is 6.07 Å². The van der Waals surface area contributed by atoms with E-state index in [0.29, 0.717) is 6.61 Å². The van der Waals surface area contributed by atoms with E-state index >= 15 is 0 Å². The highest BCUT2D eigenvalue weighted by Crippen LogP contribution is 2.40. The van der Waals surface area contributed by atoms with Crippen LogP contribution >= 0.6 is 0 Å². The monoisotopic (exact) mass is 344 g/mol. The van der Waals surface area contributed by atoms with Crippen molar-refractivity contribution in [3.63, 3.8) is 0 Å². The molecule has 5 heteroatoms. The van der Waals surface area contributed by atoms with E-state index in [1.54, 1.807) is 18.3 Å². The second-order valence-corrected chi connectivity index (χ2v) is 6.09.